The van der Waals surface area contributed by atoms with Gasteiger partial charge in [-0.3, -0.25) is 4.90 Å². The molecule has 1 aliphatic heterocycles. The lowest BCUT2D eigenvalue weighted by atomic mass is 9.93. The predicted octanol–water partition coefficient (Wildman–Crippen LogP) is 2.53. The summed E-state index contributed by atoms with van der Waals surface area (Å²) < 4.78 is 10.8. The Labute approximate surface area is 128 Å². The average Bonchev–Trinajstić information content (AvgIpc) is 2.54. The number of benzene rings is 1. The average molecular weight is 292 g/mol. The van der Waals surface area contributed by atoms with Gasteiger partial charge in [0.1, 0.15) is 11.5 Å². The van der Waals surface area contributed by atoms with Crippen LogP contribution in [0.3, 0.4) is 0 Å². The Balaban J connectivity index is 1.90. The number of nitrogens with one attached hydrogen (secondary N) is 1. The van der Waals surface area contributed by atoms with Crippen LogP contribution in [0.5, 0.6) is 11.5 Å². The summed E-state index contributed by atoms with van der Waals surface area (Å²) in [6.07, 6.45) is 3.90. The fraction of sp³-hybridized carbons (Fsp3) is 0.647. The molecule has 1 N–H and O–H groups in total. The van der Waals surface area contributed by atoms with E-state index in [0.717, 1.165) is 30.5 Å². The van der Waals surface area contributed by atoms with Crippen LogP contribution in [0, 0.1) is 5.92 Å². The number of likely N-dealkylation sites (tertiary alicyclic amines) is 1. The molecule has 1 aromatic carbocycles. The van der Waals surface area contributed by atoms with E-state index in [2.05, 4.69) is 16.3 Å². The van der Waals surface area contributed by atoms with Crippen LogP contribution >= 0.6 is 0 Å². The molecule has 1 saturated heterocycles. The molecule has 0 amide bonds. The molecule has 0 spiro atoms. The van der Waals surface area contributed by atoms with Crippen molar-refractivity contribution in [3.63, 3.8) is 0 Å². The third-order valence-corrected chi connectivity index (χ3v) is 4.39. The summed E-state index contributed by atoms with van der Waals surface area (Å²) in [7, 11) is 5.47. The molecule has 118 valence electrons. The maximum absolute atomic E-state index is 5.47. The fourth-order valence-corrected chi connectivity index (χ4v) is 3.03. The molecule has 4 heteroatoms. The highest BCUT2D eigenvalue weighted by Gasteiger charge is 2.20. The van der Waals surface area contributed by atoms with Gasteiger partial charge >= 0.3 is 0 Å². The highest BCUT2D eigenvalue weighted by Crippen LogP contribution is 2.27. The Kier molecular flexibility index (Phi) is 6.33. The molecule has 4 nitrogen and oxygen atoms in total. The van der Waals surface area contributed by atoms with Crippen molar-refractivity contribution in [2.45, 2.75) is 25.8 Å². The van der Waals surface area contributed by atoms with Crippen molar-refractivity contribution in [3.8, 4) is 11.5 Å². The third-order valence-electron chi connectivity index (χ3n) is 4.39. The summed E-state index contributed by atoms with van der Waals surface area (Å²) in [4.78, 5) is 2.52. The fourth-order valence-electron chi connectivity index (χ4n) is 3.03. The van der Waals surface area contributed by atoms with E-state index in [1.165, 1.54) is 37.9 Å². The first-order chi connectivity index (χ1) is 10.3. The second-order valence-corrected chi connectivity index (χ2v) is 5.79. The maximum Gasteiger partial charge on any atom is 0.123 e. The number of methoxy groups -OCH3 is 2. The van der Waals surface area contributed by atoms with Crippen LogP contribution in [0.25, 0.3) is 0 Å². The molecule has 0 aromatic heterocycles. The maximum atomic E-state index is 5.47. The number of hydrogen-bond acceptors (Lipinski definition) is 4. The normalized spacial score (nSPS) is 16.9. The molecular formula is C17H28N2O2. The van der Waals surface area contributed by atoms with Crippen molar-refractivity contribution in [3.05, 3.63) is 23.8 Å². The Hall–Kier alpha value is -1.26. The van der Waals surface area contributed by atoms with Crippen molar-refractivity contribution in [2.24, 2.45) is 5.92 Å². The van der Waals surface area contributed by atoms with Crippen LogP contribution < -0.4 is 14.8 Å². The standard InChI is InChI=1S/C17H28N2O2/c1-18-9-6-14-7-10-19(11-8-14)13-15-12-16(20-2)4-5-17(15)21-3/h4-5,12,14,18H,6-11,13H2,1-3H3. The van der Waals surface area contributed by atoms with E-state index in [9.17, 15) is 0 Å². The first kappa shape index (κ1) is 16.1. The lowest BCUT2D eigenvalue weighted by Crippen LogP contribution is -2.34. The Morgan fingerprint density at radius 2 is 1.95 bits per heavy atom. The van der Waals surface area contributed by atoms with Crippen molar-refractivity contribution >= 4 is 0 Å². The molecule has 21 heavy (non-hydrogen) atoms. The zero-order chi connectivity index (χ0) is 15.1. The number of hydrogen-bond donors (Lipinski definition) is 1. The summed E-state index contributed by atoms with van der Waals surface area (Å²) in [6, 6.07) is 6.03. The smallest absolute Gasteiger partial charge is 0.123 e. The van der Waals surface area contributed by atoms with Gasteiger partial charge in [-0.15, -0.1) is 0 Å². The van der Waals surface area contributed by atoms with Gasteiger partial charge in [0.05, 0.1) is 14.2 Å². The van der Waals surface area contributed by atoms with Gasteiger partial charge in [0, 0.05) is 12.1 Å². The van der Waals surface area contributed by atoms with Gasteiger partial charge in [0.25, 0.3) is 0 Å². The monoisotopic (exact) mass is 292 g/mol. The summed E-state index contributed by atoms with van der Waals surface area (Å²) >= 11 is 0. The van der Waals surface area contributed by atoms with E-state index in [-0.39, 0.29) is 0 Å². The first-order valence-corrected chi connectivity index (χ1v) is 7.84. The Morgan fingerprint density at radius 1 is 1.19 bits per heavy atom. The second kappa shape index (κ2) is 8.25. The lowest BCUT2D eigenvalue weighted by Gasteiger charge is -2.32. The minimum Gasteiger partial charge on any atom is -0.497 e. The molecule has 0 saturated carbocycles. The van der Waals surface area contributed by atoms with Crippen molar-refractivity contribution in [1.29, 1.82) is 0 Å². The number of nitrogens with zero attached hydrogens (tertiary/aromatic N) is 1. The number of piperidine rings is 1. The van der Waals surface area contributed by atoms with Crippen molar-refractivity contribution in [1.82, 2.24) is 10.2 Å². The molecule has 2 rings (SSSR count). The van der Waals surface area contributed by atoms with Crippen LogP contribution in [0.15, 0.2) is 18.2 Å². The van der Waals surface area contributed by atoms with E-state index in [0.29, 0.717) is 0 Å². The molecular weight excluding hydrogens is 264 g/mol. The molecule has 0 bridgehead atoms. The van der Waals surface area contributed by atoms with E-state index in [4.69, 9.17) is 9.47 Å². The molecule has 0 aliphatic carbocycles. The molecule has 1 aromatic rings. The van der Waals surface area contributed by atoms with E-state index in [1.807, 2.05) is 19.2 Å². The van der Waals surface area contributed by atoms with E-state index >= 15 is 0 Å². The van der Waals surface area contributed by atoms with Gasteiger partial charge in [0.2, 0.25) is 0 Å². The SMILES string of the molecule is CNCCC1CCN(Cc2cc(OC)ccc2OC)CC1. The molecule has 0 unspecified atom stereocenters. The zero-order valence-corrected chi connectivity index (χ0v) is 13.5. The highest BCUT2D eigenvalue weighted by atomic mass is 16.5. The van der Waals surface area contributed by atoms with E-state index in [1.54, 1.807) is 14.2 Å². The van der Waals surface area contributed by atoms with Crippen LogP contribution in [-0.4, -0.2) is 45.8 Å². The predicted molar refractivity (Wildman–Crippen MR) is 86.1 cm³/mol. The van der Waals surface area contributed by atoms with E-state index < -0.39 is 0 Å². The second-order valence-electron chi connectivity index (χ2n) is 5.79. The minimum atomic E-state index is 0.876. The molecule has 0 atom stereocenters. The van der Waals surface area contributed by atoms with Gasteiger partial charge in [-0.25, -0.2) is 0 Å². The van der Waals surface area contributed by atoms with Gasteiger partial charge in [0.15, 0.2) is 0 Å². The first-order valence-electron chi connectivity index (χ1n) is 7.84. The molecule has 0 radical (unpaired) electrons. The van der Waals surface area contributed by atoms with Gasteiger partial charge in [-0.2, -0.15) is 0 Å². The van der Waals surface area contributed by atoms with Gasteiger partial charge in [-0.05, 0) is 70.1 Å². The molecule has 1 fully saturated rings. The molecule has 1 heterocycles. The summed E-state index contributed by atoms with van der Waals surface area (Å²) in [5.74, 6) is 2.73. The minimum absolute atomic E-state index is 0.876. The van der Waals surface area contributed by atoms with Crippen LogP contribution in [-0.2, 0) is 6.54 Å². The largest absolute Gasteiger partial charge is 0.497 e. The zero-order valence-electron chi connectivity index (χ0n) is 13.5. The van der Waals surface area contributed by atoms with Crippen LogP contribution in [0.1, 0.15) is 24.8 Å². The third kappa shape index (κ3) is 4.61. The molecule has 1 aliphatic rings. The van der Waals surface area contributed by atoms with Gasteiger partial charge in [-0.1, -0.05) is 0 Å². The lowest BCUT2D eigenvalue weighted by molar-refractivity contribution is 0.171. The van der Waals surface area contributed by atoms with Gasteiger partial charge < -0.3 is 14.8 Å². The summed E-state index contributed by atoms with van der Waals surface area (Å²) in [5, 5.41) is 3.25. The number of ether oxygens (including phenoxy) is 2. The van der Waals surface area contributed by atoms with Crippen molar-refractivity contribution in [2.75, 3.05) is 40.9 Å². The van der Waals surface area contributed by atoms with Crippen molar-refractivity contribution < 1.29 is 9.47 Å². The Morgan fingerprint density at radius 3 is 2.57 bits per heavy atom. The highest BCUT2D eigenvalue weighted by molar-refractivity contribution is 5.40. The van der Waals surface area contributed by atoms with Crippen LogP contribution in [0.4, 0.5) is 0 Å². The summed E-state index contributed by atoms with van der Waals surface area (Å²) in [5.41, 5.74) is 1.21. The number of rotatable bonds is 7. The topological polar surface area (TPSA) is 33.7 Å². The van der Waals surface area contributed by atoms with Crippen LogP contribution in [0.2, 0.25) is 0 Å². The Bertz CT molecular complexity index is 429. The summed E-state index contributed by atoms with van der Waals surface area (Å²) in [6.45, 7) is 4.43. The quantitative estimate of drug-likeness (QED) is 0.837.